The highest BCUT2D eigenvalue weighted by atomic mass is 16.2. The van der Waals surface area contributed by atoms with Gasteiger partial charge in [-0.1, -0.05) is 18.2 Å². The fraction of sp³-hybridized carbons (Fsp3) is 0.438. The predicted molar refractivity (Wildman–Crippen MR) is 82.6 cm³/mol. The lowest BCUT2D eigenvalue weighted by Gasteiger charge is -2.21. The average Bonchev–Trinajstić information content (AvgIpc) is 2.71. The zero-order valence-corrected chi connectivity index (χ0v) is 12.7. The second-order valence-electron chi connectivity index (χ2n) is 6.13. The monoisotopic (exact) mass is 273 g/mol. The average molecular weight is 273 g/mol. The first-order valence-corrected chi connectivity index (χ1v) is 6.93. The molecule has 0 aliphatic rings. The number of hydrogen-bond acceptors (Lipinski definition) is 2. The van der Waals surface area contributed by atoms with Crippen molar-refractivity contribution in [3.63, 3.8) is 0 Å². The van der Waals surface area contributed by atoms with E-state index in [2.05, 4.69) is 34.9 Å². The molecule has 2 N–H and O–H groups in total. The number of amides is 1. The Morgan fingerprint density at radius 1 is 1.25 bits per heavy atom. The summed E-state index contributed by atoms with van der Waals surface area (Å²) in [5.74, 6) is 0.0364. The van der Waals surface area contributed by atoms with Crippen LogP contribution in [0, 0.1) is 0 Å². The third kappa shape index (κ3) is 3.39. The molecule has 0 unspecified atom stereocenters. The maximum Gasteiger partial charge on any atom is 0.240 e. The Hall–Kier alpha value is -1.81. The van der Waals surface area contributed by atoms with E-state index < -0.39 is 0 Å². The molecule has 4 nitrogen and oxygen atoms in total. The number of para-hydroxylation sites is 1. The van der Waals surface area contributed by atoms with Crippen LogP contribution in [0.4, 0.5) is 0 Å². The van der Waals surface area contributed by atoms with E-state index in [0.717, 1.165) is 12.1 Å². The Morgan fingerprint density at radius 3 is 2.65 bits per heavy atom. The number of nitrogens with zero attached hydrogens (tertiary/aromatic N) is 1. The van der Waals surface area contributed by atoms with Gasteiger partial charge in [-0.2, -0.15) is 0 Å². The standard InChI is InChI=1S/C16H23N3O/c1-16(2,3)18-14(20)11-19-9-8-12-6-5-7-13(10-17-4)15(12)19/h5-9,17H,10-11H2,1-4H3,(H,18,20). The molecular weight excluding hydrogens is 250 g/mol. The lowest BCUT2D eigenvalue weighted by atomic mass is 10.1. The molecule has 0 aliphatic heterocycles. The molecule has 0 aliphatic carbocycles. The van der Waals surface area contributed by atoms with E-state index >= 15 is 0 Å². The third-order valence-electron chi connectivity index (χ3n) is 3.07. The molecule has 108 valence electrons. The second-order valence-corrected chi connectivity index (χ2v) is 6.13. The van der Waals surface area contributed by atoms with Crippen LogP contribution in [0.2, 0.25) is 0 Å². The molecule has 1 amide bonds. The molecule has 0 saturated carbocycles. The number of aromatic nitrogens is 1. The molecule has 0 radical (unpaired) electrons. The van der Waals surface area contributed by atoms with Crippen molar-refractivity contribution in [3.05, 3.63) is 36.0 Å². The molecule has 0 bridgehead atoms. The Bertz CT molecular complexity index is 608. The SMILES string of the molecule is CNCc1cccc2ccn(CC(=O)NC(C)(C)C)c12. The highest BCUT2D eigenvalue weighted by Gasteiger charge is 2.15. The van der Waals surface area contributed by atoms with E-state index in [1.54, 1.807) is 0 Å². The largest absolute Gasteiger partial charge is 0.350 e. The van der Waals surface area contributed by atoms with Gasteiger partial charge < -0.3 is 15.2 Å². The summed E-state index contributed by atoms with van der Waals surface area (Å²) in [6.07, 6.45) is 1.98. The summed E-state index contributed by atoms with van der Waals surface area (Å²) in [6, 6.07) is 8.27. The van der Waals surface area contributed by atoms with Crippen LogP contribution in [0.15, 0.2) is 30.5 Å². The Morgan fingerprint density at radius 2 is 2.00 bits per heavy atom. The summed E-state index contributed by atoms with van der Waals surface area (Å²) in [6.45, 7) is 7.12. The van der Waals surface area contributed by atoms with Gasteiger partial charge in [-0.15, -0.1) is 0 Å². The zero-order chi connectivity index (χ0) is 14.8. The lowest BCUT2D eigenvalue weighted by molar-refractivity contribution is -0.123. The summed E-state index contributed by atoms with van der Waals surface area (Å²) in [7, 11) is 1.93. The van der Waals surface area contributed by atoms with Crippen LogP contribution < -0.4 is 10.6 Å². The summed E-state index contributed by atoms with van der Waals surface area (Å²) < 4.78 is 2.02. The number of hydrogen-bond donors (Lipinski definition) is 2. The van der Waals surface area contributed by atoms with Gasteiger partial charge in [0.1, 0.15) is 6.54 Å². The quantitative estimate of drug-likeness (QED) is 0.897. The fourth-order valence-corrected chi connectivity index (χ4v) is 2.42. The summed E-state index contributed by atoms with van der Waals surface area (Å²) in [5.41, 5.74) is 2.14. The highest BCUT2D eigenvalue weighted by molar-refractivity contribution is 5.86. The van der Waals surface area contributed by atoms with Crippen molar-refractivity contribution in [2.24, 2.45) is 0 Å². The van der Waals surface area contributed by atoms with E-state index in [1.807, 2.05) is 38.6 Å². The third-order valence-corrected chi connectivity index (χ3v) is 3.07. The van der Waals surface area contributed by atoms with E-state index in [4.69, 9.17) is 0 Å². The molecule has 4 heteroatoms. The van der Waals surface area contributed by atoms with Crippen molar-refractivity contribution in [2.45, 2.75) is 39.4 Å². The van der Waals surface area contributed by atoms with Crippen molar-refractivity contribution in [2.75, 3.05) is 7.05 Å². The van der Waals surface area contributed by atoms with Crippen LogP contribution in [-0.2, 0) is 17.9 Å². The first kappa shape index (κ1) is 14.6. The van der Waals surface area contributed by atoms with Gasteiger partial charge in [0.15, 0.2) is 0 Å². The Balaban J connectivity index is 2.28. The number of nitrogens with one attached hydrogen (secondary N) is 2. The minimum Gasteiger partial charge on any atom is -0.350 e. The van der Waals surface area contributed by atoms with Crippen LogP contribution in [0.25, 0.3) is 10.9 Å². The van der Waals surface area contributed by atoms with Gasteiger partial charge in [0.05, 0.1) is 5.52 Å². The van der Waals surface area contributed by atoms with Gasteiger partial charge in [0.25, 0.3) is 0 Å². The van der Waals surface area contributed by atoms with Crippen LogP contribution in [0.3, 0.4) is 0 Å². The molecule has 2 aromatic rings. The van der Waals surface area contributed by atoms with Crippen LogP contribution in [0.1, 0.15) is 26.3 Å². The van der Waals surface area contributed by atoms with Gasteiger partial charge in [-0.3, -0.25) is 4.79 Å². The number of carbonyl (C=O) groups excluding carboxylic acids is 1. The van der Waals surface area contributed by atoms with Gasteiger partial charge >= 0.3 is 0 Å². The van der Waals surface area contributed by atoms with Crippen molar-refractivity contribution >= 4 is 16.8 Å². The molecule has 0 saturated heterocycles. The second kappa shape index (κ2) is 5.67. The van der Waals surface area contributed by atoms with Crippen molar-refractivity contribution in [1.29, 1.82) is 0 Å². The molecule has 0 fully saturated rings. The first-order valence-electron chi connectivity index (χ1n) is 6.93. The molecule has 1 heterocycles. The topological polar surface area (TPSA) is 46.1 Å². The maximum absolute atomic E-state index is 12.1. The fourth-order valence-electron chi connectivity index (χ4n) is 2.42. The van der Waals surface area contributed by atoms with Gasteiger partial charge in [-0.25, -0.2) is 0 Å². The summed E-state index contributed by atoms with van der Waals surface area (Å²) in [4.78, 5) is 12.1. The van der Waals surface area contributed by atoms with Crippen molar-refractivity contribution in [3.8, 4) is 0 Å². The van der Waals surface area contributed by atoms with Gasteiger partial charge in [0.2, 0.25) is 5.91 Å². The van der Waals surface area contributed by atoms with Gasteiger partial charge in [0, 0.05) is 18.3 Å². The number of rotatable bonds is 4. The number of benzene rings is 1. The normalized spacial score (nSPS) is 11.8. The van der Waals surface area contributed by atoms with Gasteiger partial charge in [-0.05, 0) is 44.8 Å². The lowest BCUT2D eigenvalue weighted by Crippen LogP contribution is -2.42. The number of carbonyl (C=O) groups is 1. The number of fused-ring (bicyclic) bond motifs is 1. The first-order chi connectivity index (χ1) is 9.40. The van der Waals surface area contributed by atoms with Crippen molar-refractivity contribution in [1.82, 2.24) is 15.2 Å². The molecule has 0 atom stereocenters. The van der Waals surface area contributed by atoms with E-state index in [-0.39, 0.29) is 11.4 Å². The predicted octanol–water partition coefficient (Wildman–Crippen LogP) is 2.28. The molecule has 2 rings (SSSR count). The van der Waals surface area contributed by atoms with Crippen LogP contribution >= 0.6 is 0 Å². The Kier molecular flexibility index (Phi) is 4.14. The molecule has 20 heavy (non-hydrogen) atoms. The zero-order valence-electron chi connectivity index (χ0n) is 12.7. The summed E-state index contributed by atoms with van der Waals surface area (Å²) >= 11 is 0. The van der Waals surface area contributed by atoms with E-state index in [0.29, 0.717) is 6.54 Å². The van der Waals surface area contributed by atoms with Crippen LogP contribution in [0.5, 0.6) is 0 Å². The smallest absolute Gasteiger partial charge is 0.240 e. The molecule has 1 aromatic carbocycles. The Labute approximate surface area is 120 Å². The minimum absolute atomic E-state index is 0.0364. The highest BCUT2D eigenvalue weighted by Crippen LogP contribution is 2.20. The molecular formula is C16H23N3O. The minimum atomic E-state index is -0.201. The van der Waals surface area contributed by atoms with Crippen molar-refractivity contribution < 1.29 is 4.79 Å². The maximum atomic E-state index is 12.1. The molecule has 1 aromatic heterocycles. The van der Waals surface area contributed by atoms with Crippen LogP contribution in [-0.4, -0.2) is 23.1 Å². The van der Waals surface area contributed by atoms with E-state index in [9.17, 15) is 4.79 Å². The molecule has 0 spiro atoms. The van der Waals surface area contributed by atoms with E-state index in [1.165, 1.54) is 10.9 Å². The summed E-state index contributed by atoms with van der Waals surface area (Å²) in [5, 5.41) is 7.34.